The maximum absolute atomic E-state index is 11.5. The van der Waals surface area contributed by atoms with Crippen molar-refractivity contribution in [1.29, 1.82) is 0 Å². The van der Waals surface area contributed by atoms with E-state index in [-0.39, 0.29) is 11.9 Å². The van der Waals surface area contributed by atoms with Gasteiger partial charge in [-0.3, -0.25) is 4.79 Å². The zero-order valence-electron chi connectivity index (χ0n) is 8.99. The molecule has 0 radical (unpaired) electrons. The number of hydrogen-bond acceptors (Lipinski definition) is 3. The van der Waals surface area contributed by atoms with Crippen molar-refractivity contribution >= 4 is 12.0 Å². The molecule has 2 amide bonds. The van der Waals surface area contributed by atoms with Gasteiger partial charge in [-0.2, -0.15) is 0 Å². The highest BCUT2D eigenvalue weighted by Crippen LogP contribution is 2.17. The number of primary amides is 1. The van der Waals surface area contributed by atoms with Crippen LogP contribution in [-0.2, 0) is 9.53 Å². The van der Waals surface area contributed by atoms with E-state index >= 15 is 0 Å². The summed E-state index contributed by atoms with van der Waals surface area (Å²) < 4.78 is 4.58. The van der Waals surface area contributed by atoms with Crippen LogP contribution in [0.5, 0.6) is 0 Å². The van der Waals surface area contributed by atoms with Crippen molar-refractivity contribution in [3.8, 4) is 0 Å². The van der Waals surface area contributed by atoms with Gasteiger partial charge in [0.2, 0.25) is 0 Å². The van der Waals surface area contributed by atoms with E-state index in [9.17, 15) is 9.59 Å². The Morgan fingerprint density at radius 2 is 1.93 bits per heavy atom. The lowest BCUT2D eigenvalue weighted by atomic mass is 9.95. The molecule has 0 aromatic rings. The number of nitrogens with two attached hydrogens (primary N) is 1. The number of ether oxygens (including phenoxy) is 1. The molecule has 5 nitrogen and oxygen atoms in total. The van der Waals surface area contributed by atoms with Crippen LogP contribution in [0.1, 0.15) is 39.0 Å². The van der Waals surface area contributed by atoms with Crippen molar-refractivity contribution in [2.24, 2.45) is 5.73 Å². The van der Waals surface area contributed by atoms with E-state index in [2.05, 4.69) is 10.1 Å². The number of nitrogens with one attached hydrogen (secondary N) is 1. The van der Waals surface area contributed by atoms with Gasteiger partial charge in [-0.15, -0.1) is 0 Å². The summed E-state index contributed by atoms with van der Waals surface area (Å²) in [5.41, 5.74) is 4.82. The third-order valence-corrected chi connectivity index (χ3v) is 2.61. The van der Waals surface area contributed by atoms with Gasteiger partial charge >= 0.3 is 6.09 Å². The fourth-order valence-electron chi connectivity index (χ4n) is 1.79. The molecule has 1 fully saturated rings. The Labute approximate surface area is 89.3 Å². The van der Waals surface area contributed by atoms with Crippen molar-refractivity contribution in [3.05, 3.63) is 0 Å². The molecule has 1 rings (SSSR count). The Morgan fingerprint density at radius 3 is 2.47 bits per heavy atom. The predicted octanol–water partition coefficient (Wildman–Crippen LogP) is 0.919. The van der Waals surface area contributed by atoms with E-state index in [1.54, 1.807) is 0 Å². The topological polar surface area (TPSA) is 81.4 Å². The average Bonchev–Trinajstić information content (AvgIpc) is 2.18. The molecule has 0 unspecified atom stereocenters. The molecule has 0 aromatic heterocycles. The maximum atomic E-state index is 11.5. The Kier molecular flexibility index (Phi) is 4.39. The van der Waals surface area contributed by atoms with Gasteiger partial charge in [0.25, 0.3) is 5.91 Å². The van der Waals surface area contributed by atoms with Crippen LogP contribution in [0.3, 0.4) is 0 Å². The van der Waals surface area contributed by atoms with Crippen LogP contribution in [-0.4, -0.2) is 24.1 Å². The van der Waals surface area contributed by atoms with E-state index in [1.165, 1.54) is 13.3 Å². The van der Waals surface area contributed by atoms with E-state index < -0.39 is 12.2 Å². The lowest BCUT2D eigenvalue weighted by molar-refractivity contribution is -0.129. The summed E-state index contributed by atoms with van der Waals surface area (Å²) in [6.07, 6.45) is 3.83. The molecule has 1 atom stereocenters. The van der Waals surface area contributed by atoms with Gasteiger partial charge in [-0.05, 0) is 19.8 Å². The van der Waals surface area contributed by atoms with Crippen LogP contribution >= 0.6 is 0 Å². The second kappa shape index (κ2) is 5.58. The Hall–Kier alpha value is -1.26. The van der Waals surface area contributed by atoms with E-state index in [0.29, 0.717) is 0 Å². The Balaban J connectivity index is 2.30. The van der Waals surface area contributed by atoms with Gasteiger partial charge in [0.1, 0.15) is 0 Å². The maximum Gasteiger partial charge on any atom is 0.405 e. The minimum absolute atomic E-state index is 0.227. The normalized spacial score (nSPS) is 19.3. The quantitative estimate of drug-likeness (QED) is 0.733. The Bertz CT molecular complexity index is 237. The molecular weight excluding hydrogens is 196 g/mol. The molecule has 1 aliphatic carbocycles. The summed E-state index contributed by atoms with van der Waals surface area (Å²) >= 11 is 0. The monoisotopic (exact) mass is 214 g/mol. The SMILES string of the molecule is C[C@H](OC(N)=O)C(=O)NC1CCCCC1. The first kappa shape index (κ1) is 11.8. The minimum atomic E-state index is -0.915. The summed E-state index contributed by atoms with van der Waals surface area (Å²) in [6, 6.07) is 0.227. The lowest BCUT2D eigenvalue weighted by Gasteiger charge is -2.24. The predicted molar refractivity (Wildman–Crippen MR) is 55.1 cm³/mol. The summed E-state index contributed by atoms with van der Waals surface area (Å²) in [6.45, 7) is 1.52. The molecule has 3 N–H and O–H groups in total. The first-order valence-electron chi connectivity index (χ1n) is 5.36. The number of amides is 2. The first-order valence-corrected chi connectivity index (χ1v) is 5.36. The molecule has 1 saturated carbocycles. The van der Waals surface area contributed by atoms with Crippen LogP contribution in [0.25, 0.3) is 0 Å². The molecule has 0 bridgehead atoms. The van der Waals surface area contributed by atoms with Crippen LogP contribution in [0, 0.1) is 0 Å². The van der Waals surface area contributed by atoms with Crippen molar-refractivity contribution in [2.75, 3.05) is 0 Å². The zero-order valence-corrected chi connectivity index (χ0v) is 8.99. The molecule has 0 aromatic carbocycles. The average molecular weight is 214 g/mol. The summed E-state index contributed by atoms with van der Waals surface area (Å²) in [5.74, 6) is -0.263. The second-order valence-corrected chi connectivity index (χ2v) is 3.92. The van der Waals surface area contributed by atoms with Crippen molar-refractivity contribution in [3.63, 3.8) is 0 Å². The second-order valence-electron chi connectivity index (χ2n) is 3.92. The molecule has 5 heteroatoms. The highest BCUT2D eigenvalue weighted by atomic mass is 16.6. The van der Waals surface area contributed by atoms with E-state index in [1.807, 2.05) is 0 Å². The van der Waals surface area contributed by atoms with Gasteiger partial charge in [-0.1, -0.05) is 19.3 Å². The van der Waals surface area contributed by atoms with Crippen LogP contribution in [0.15, 0.2) is 0 Å². The van der Waals surface area contributed by atoms with Crippen LogP contribution in [0.4, 0.5) is 4.79 Å². The van der Waals surface area contributed by atoms with Crippen molar-refractivity contribution in [2.45, 2.75) is 51.2 Å². The first-order chi connectivity index (χ1) is 7.09. The minimum Gasteiger partial charge on any atom is -0.437 e. The highest BCUT2D eigenvalue weighted by molar-refractivity contribution is 5.82. The number of carbonyl (C=O) groups is 2. The molecule has 0 heterocycles. The molecule has 0 aliphatic heterocycles. The standard InChI is InChI=1S/C10H18N2O3/c1-7(15-10(11)14)9(13)12-8-5-3-2-4-6-8/h7-8H,2-6H2,1H3,(H2,11,14)(H,12,13)/t7-/m0/s1. The molecule has 15 heavy (non-hydrogen) atoms. The molecule has 0 saturated heterocycles. The fraction of sp³-hybridized carbons (Fsp3) is 0.800. The van der Waals surface area contributed by atoms with Crippen LogP contribution in [0.2, 0.25) is 0 Å². The largest absolute Gasteiger partial charge is 0.437 e. The Morgan fingerprint density at radius 1 is 1.33 bits per heavy atom. The van der Waals surface area contributed by atoms with E-state index in [0.717, 1.165) is 25.7 Å². The summed E-state index contributed by atoms with van der Waals surface area (Å²) in [5, 5.41) is 2.85. The van der Waals surface area contributed by atoms with Gasteiger partial charge in [0.05, 0.1) is 0 Å². The summed E-state index contributed by atoms with van der Waals surface area (Å²) in [4.78, 5) is 21.9. The third kappa shape index (κ3) is 4.18. The molecule has 1 aliphatic rings. The smallest absolute Gasteiger partial charge is 0.405 e. The number of rotatable bonds is 3. The van der Waals surface area contributed by atoms with Crippen molar-refractivity contribution < 1.29 is 14.3 Å². The lowest BCUT2D eigenvalue weighted by Crippen LogP contribution is -2.43. The van der Waals surface area contributed by atoms with Gasteiger partial charge in [0.15, 0.2) is 6.10 Å². The number of hydrogen-bond donors (Lipinski definition) is 2. The highest BCUT2D eigenvalue weighted by Gasteiger charge is 2.21. The summed E-state index contributed by atoms with van der Waals surface area (Å²) in [7, 11) is 0. The van der Waals surface area contributed by atoms with Crippen LogP contribution < -0.4 is 11.1 Å². The van der Waals surface area contributed by atoms with Gasteiger partial charge < -0.3 is 15.8 Å². The van der Waals surface area contributed by atoms with E-state index in [4.69, 9.17) is 5.73 Å². The molecule has 86 valence electrons. The third-order valence-electron chi connectivity index (χ3n) is 2.61. The van der Waals surface area contributed by atoms with Crippen molar-refractivity contribution in [1.82, 2.24) is 5.32 Å². The molecular formula is C10H18N2O3. The molecule has 0 spiro atoms. The van der Waals surface area contributed by atoms with Gasteiger partial charge in [0, 0.05) is 6.04 Å². The number of carbonyl (C=O) groups excluding carboxylic acids is 2. The zero-order chi connectivity index (χ0) is 11.3. The fourth-order valence-corrected chi connectivity index (χ4v) is 1.79. The van der Waals surface area contributed by atoms with Gasteiger partial charge in [-0.25, -0.2) is 4.79 Å².